The van der Waals surface area contributed by atoms with Crippen LogP contribution in [-0.4, -0.2) is 40.1 Å². The van der Waals surface area contributed by atoms with Crippen LogP contribution < -0.4 is 9.62 Å². The third-order valence-electron chi connectivity index (χ3n) is 3.48. The first-order valence-electron chi connectivity index (χ1n) is 7.83. The van der Waals surface area contributed by atoms with Crippen LogP contribution in [0.3, 0.4) is 0 Å². The van der Waals surface area contributed by atoms with E-state index >= 15 is 0 Å². The van der Waals surface area contributed by atoms with E-state index in [1.54, 1.807) is 19.2 Å². The molecule has 1 aromatic heterocycles. The van der Waals surface area contributed by atoms with Crippen molar-refractivity contribution in [2.75, 3.05) is 25.6 Å². The number of hydrogen-bond acceptors (Lipinski definition) is 6. The van der Waals surface area contributed by atoms with E-state index in [9.17, 15) is 13.2 Å². The summed E-state index contributed by atoms with van der Waals surface area (Å²) in [6.07, 6.45) is 1.65. The van der Waals surface area contributed by atoms with Gasteiger partial charge in [0.1, 0.15) is 5.82 Å². The van der Waals surface area contributed by atoms with Crippen LogP contribution in [0.25, 0.3) is 0 Å². The number of sulfonamides is 1. The number of nitrogens with zero attached hydrogens (tertiary/aromatic N) is 2. The van der Waals surface area contributed by atoms with Gasteiger partial charge in [0.15, 0.2) is 0 Å². The Morgan fingerprint density at radius 1 is 1.31 bits per heavy atom. The maximum atomic E-state index is 12.6. The predicted molar refractivity (Wildman–Crippen MR) is 103 cm³/mol. The van der Waals surface area contributed by atoms with Crippen molar-refractivity contribution in [2.24, 2.45) is 0 Å². The number of carbonyl (C=O) groups excluding carboxylic acids is 1. The van der Waals surface area contributed by atoms with Crippen molar-refractivity contribution in [3.63, 3.8) is 0 Å². The zero-order valence-electron chi connectivity index (χ0n) is 14.7. The summed E-state index contributed by atoms with van der Waals surface area (Å²) in [5.74, 6) is 0.183. The van der Waals surface area contributed by atoms with E-state index in [1.807, 2.05) is 25.1 Å². The first-order valence-corrected chi connectivity index (χ1v) is 10.1. The first-order chi connectivity index (χ1) is 12.3. The molecule has 2 aromatic rings. The van der Waals surface area contributed by atoms with Crippen molar-refractivity contribution < 1.29 is 17.9 Å². The van der Waals surface area contributed by atoms with E-state index < -0.39 is 16.0 Å². The first kappa shape index (κ1) is 20.3. The van der Waals surface area contributed by atoms with Gasteiger partial charge in [-0.2, -0.15) is 0 Å². The molecule has 26 heavy (non-hydrogen) atoms. The molecule has 2 rings (SSSR count). The van der Waals surface area contributed by atoms with E-state index in [2.05, 4.69) is 25.6 Å². The molecule has 0 aliphatic carbocycles. The van der Waals surface area contributed by atoms with Crippen LogP contribution in [0.4, 0.5) is 5.82 Å². The Morgan fingerprint density at radius 2 is 2.04 bits per heavy atom. The van der Waals surface area contributed by atoms with Crippen molar-refractivity contribution in [2.45, 2.75) is 18.4 Å². The van der Waals surface area contributed by atoms with Gasteiger partial charge in [-0.1, -0.05) is 6.07 Å². The lowest BCUT2D eigenvalue weighted by Crippen LogP contribution is -2.25. The minimum Gasteiger partial charge on any atom is -0.462 e. The maximum absolute atomic E-state index is 12.6. The lowest BCUT2D eigenvalue weighted by Gasteiger charge is -2.16. The number of hydrogen-bond donors (Lipinski definition) is 1. The van der Waals surface area contributed by atoms with E-state index in [0.29, 0.717) is 5.82 Å². The molecule has 1 aromatic carbocycles. The van der Waals surface area contributed by atoms with Crippen LogP contribution in [0.1, 0.15) is 22.8 Å². The normalized spacial score (nSPS) is 11.2. The monoisotopic (exact) mass is 441 g/mol. The molecule has 0 radical (unpaired) electrons. The van der Waals surface area contributed by atoms with E-state index in [4.69, 9.17) is 4.74 Å². The number of carbonyl (C=O) groups is 1. The molecule has 0 saturated heterocycles. The Morgan fingerprint density at radius 3 is 2.65 bits per heavy atom. The van der Waals surface area contributed by atoms with Gasteiger partial charge in [-0.15, -0.1) is 0 Å². The number of esters is 1. The van der Waals surface area contributed by atoms with E-state index in [1.165, 1.54) is 18.2 Å². The zero-order chi connectivity index (χ0) is 19.3. The largest absolute Gasteiger partial charge is 0.462 e. The fourth-order valence-electron chi connectivity index (χ4n) is 2.28. The summed E-state index contributed by atoms with van der Waals surface area (Å²) in [5.41, 5.74) is 1.03. The molecule has 140 valence electrons. The third-order valence-corrected chi connectivity index (χ3v) is 5.85. The summed E-state index contributed by atoms with van der Waals surface area (Å²) in [6, 6.07) is 7.79. The Labute approximate surface area is 161 Å². The van der Waals surface area contributed by atoms with Gasteiger partial charge in [-0.25, -0.2) is 22.9 Å². The van der Waals surface area contributed by atoms with Crippen LogP contribution in [0.15, 0.2) is 45.9 Å². The lowest BCUT2D eigenvalue weighted by molar-refractivity contribution is 0.0526. The van der Waals surface area contributed by atoms with Crippen LogP contribution in [0, 0.1) is 0 Å². The highest BCUT2D eigenvalue weighted by atomic mass is 79.9. The topological polar surface area (TPSA) is 88.6 Å². The highest BCUT2D eigenvalue weighted by Crippen LogP contribution is 2.24. The molecular weight excluding hydrogens is 422 g/mol. The molecule has 1 heterocycles. The Balaban J connectivity index is 2.22. The molecule has 0 spiro atoms. The van der Waals surface area contributed by atoms with Crippen molar-refractivity contribution in [1.82, 2.24) is 9.71 Å². The summed E-state index contributed by atoms with van der Waals surface area (Å²) in [5, 5.41) is 0. The maximum Gasteiger partial charge on any atom is 0.338 e. The number of pyridine rings is 1. The van der Waals surface area contributed by atoms with Crippen LogP contribution in [-0.2, 0) is 21.3 Å². The molecular formula is C17H20BrN3O4S. The Kier molecular flexibility index (Phi) is 6.74. The van der Waals surface area contributed by atoms with Gasteiger partial charge in [0, 0.05) is 36.9 Å². The molecule has 0 amide bonds. The SMILES string of the molecule is CCOC(=O)c1ccc(S(=O)(=O)NCc2cccnc2N(C)C)c(Br)c1. The lowest BCUT2D eigenvalue weighted by atomic mass is 10.2. The fourth-order valence-corrected chi connectivity index (χ4v) is 4.36. The van der Waals surface area contributed by atoms with Crippen LogP contribution in [0.2, 0.25) is 0 Å². The van der Waals surface area contributed by atoms with Crippen molar-refractivity contribution in [3.05, 3.63) is 52.1 Å². The number of nitrogens with one attached hydrogen (secondary N) is 1. The highest BCUT2D eigenvalue weighted by molar-refractivity contribution is 9.10. The average molecular weight is 442 g/mol. The number of rotatable bonds is 7. The van der Waals surface area contributed by atoms with Crippen LogP contribution in [0.5, 0.6) is 0 Å². The molecule has 0 saturated carbocycles. The Hall–Kier alpha value is -1.97. The van der Waals surface area contributed by atoms with Gasteiger partial charge in [0.05, 0.1) is 17.1 Å². The Bertz CT molecular complexity index is 901. The average Bonchev–Trinajstić information content (AvgIpc) is 2.60. The van der Waals surface area contributed by atoms with E-state index in [-0.39, 0.29) is 28.1 Å². The number of aromatic nitrogens is 1. The number of ether oxygens (including phenoxy) is 1. The molecule has 0 atom stereocenters. The summed E-state index contributed by atoms with van der Waals surface area (Å²) in [6.45, 7) is 2.04. The fraction of sp³-hybridized carbons (Fsp3) is 0.294. The summed E-state index contributed by atoms with van der Waals surface area (Å²) in [7, 11) is -0.105. The minimum atomic E-state index is -3.78. The van der Waals surface area contributed by atoms with Gasteiger partial charge in [-0.05, 0) is 47.1 Å². The van der Waals surface area contributed by atoms with Crippen molar-refractivity contribution in [1.29, 1.82) is 0 Å². The van der Waals surface area contributed by atoms with Gasteiger partial charge in [0.2, 0.25) is 10.0 Å². The molecule has 0 fully saturated rings. The van der Waals surface area contributed by atoms with Gasteiger partial charge in [-0.3, -0.25) is 0 Å². The quantitative estimate of drug-likeness (QED) is 0.664. The molecule has 0 aliphatic heterocycles. The van der Waals surface area contributed by atoms with Crippen LogP contribution >= 0.6 is 15.9 Å². The van der Waals surface area contributed by atoms with Crippen molar-refractivity contribution in [3.8, 4) is 0 Å². The van der Waals surface area contributed by atoms with Gasteiger partial charge in [0.25, 0.3) is 0 Å². The van der Waals surface area contributed by atoms with Gasteiger partial charge < -0.3 is 9.64 Å². The molecule has 7 nitrogen and oxygen atoms in total. The van der Waals surface area contributed by atoms with Gasteiger partial charge >= 0.3 is 5.97 Å². The third kappa shape index (κ3) is 4.80. The number of benzene rings is 1. The number of anilines is 1. The van der Waals surface area contributed by atoms with Crippen molar-refractivity contribution >= 4 is 37.7 Å². The van der Waals surface area contributed by atoms with E-state index in [0.717, 1.165) is 5.56 Å². The number of halogens is 1. The summed E-state index contributed by atoms with van der Waals surface area (Å²) in [4.78, 5) is 17.9. The standard InChI is InChI=1S/C17H20BrN3O4S/c1-4-25-17(22)12-7-8-15(14(18)10-12)26(23,24)20-11-13-6-5-9-19-16(13)21(2)3/h5-10,20H,4,11H2,1-3H3. The second-order valence-corrected chi connectivity index (χ2v) is 8.16. The predicted octanol–water partition coefficient (Wildman–Crippen LogP) is 2.57. The second kappa shape index (κ2) is 8.61. The molecule has 0 bridgehead atoms. The molecule has 0 unspecified atom stereocenters. The smallest absolute Gasteiger partial charge is 0.338 e. The molecule has 1 N–H and O–H groups in total. The summed E-state index contributed by atoms with van der Waals surface area (Å²) >= 11 is 3.22. The summed E-state index contributed by atoms with van der Waals surface area (Å²) < 4.78 is 33.0. The minimum absolute atomic E-state index is 0.0424. The zero-order valence-corrected chi connectivity index (χ0v) is 17.1. The molecule has 9 heteroatoms. The second-order valence-electron chi connectivity index (χ2n) is 5.57. The highest BCUT2D eigenvalue weighted by Gasteiger charge is 2.20. The molecule has 0 aliphatic rings.